The first-order valence-corrected chi connectivity index (χ1v) is 6.78. The summed E-state index contributed by atoms with van der Waals surface area (Å²) >= 11 is 0. The Morgan fingerprint density at radius 1 is 1.05 bits per heavy atom. The maximum Gasteiger partial charge on any atom is 0.223 e. The van der Waals surface area contributed by atoms with Crippen molar-refractivity contribution in [3.05, 3.63) is 66.2 Å². The van der Waals surface area contributed by atoms with Crippen LogP contribution in [-0.4, -0.2) is 12.5 Å². The van der Waals surface area contributed by atoms with Crippen molar-refractivity contribution in [1.29, 1.82) is 0 Å². The molecular weight excluding hydrogens is 250 g/mol. The fraction of sp³-hybridized carbons (Fsp3) is 0.235. The van der Waals surface area contributed by atoms with E-state index in [2.05, 4.69) is 5.32 Å². The SMILES string of the molecule is C[C@H](NC(=O)CCOc1ccccc1)c1ccccc1. The first kappa shape index (κ1) is 14.1. The minimum absolute atomic E-state index is 0.00251. The molecular formula is C17H19NO2. The van der Waals surface area contributed by atoms with Crippen molar-refractivity contribution in [1.82, 2.24) is 5.32 Å². The topological polar surface area (TPSA) is 38.3 Å². The first-order chi connectivity index (χ1) is 9.75. The van der Waals surface area contributed by atoms with Crippen molar-refractivity contribution in [3.8, 4) is 5.75 Å². The number of carbonyl (C=O) groups is 1. The van der Waals surface area contributed by atoms with Crippen LogP contribution in [0.15, 0.2) is 60.7 Å². The van der Waals surface area contributed by atoms with Gasteiger partial charge in [0, 0.05) is 0 Å². The lowest BCUT2D eigenvalue weighted by Crippen LogP contribution is -2.27. The lowest BCUT2D eigenvalue weighted by molar-refractivity contribution is -0.122. The first-order valence-electron chi connectivity index (χ1n) is 6.78. The summed E-state index contributed by atoms with van der Waals surface area (Å²) in [4.78, 5) is 11.8. The van der Waals surface area contributed by atoms with Crippen LogP contribution in [0.3, 0.4) is 0 Å². The highest BCUT2D eigenvalue weighted by Gasteiger charge is 2.08. The molecule has 0 bridgehead atoms. The van der Waals surface area contributed by atoms with Crippen LogP contribution in [0, 0.1) is 0 Å². The van der Waals surface area contributed by atoms with Gasteiger partial charge in [0.25, 0.3) is 0 Å². The molecule has 1 N–H and O–H groups in total. The van der Waals surface area contributed by atoms with Crippen LogP contribution in [0.2, 0.25) is 0 Å². The molecule has 1 atom stereocenters. The molecule has 0 aromatic heterocycles. The second-order valence-corrected chi connectivity index (χ2v) is 4.61. The van der Waals surface area contributed by atoms with Gasteiger partial charge in [-0.2, -0.15) is 0 Å². The van der Waals surface area contributed by atoms with Crippen LogP contribution in [0.25, 0.3) is 0 Å². The number of ether oxygens (including phenoxy) is 1. The van der Waals surface area contributed by atoms with Crippen LogP contribution in [-0.2, 0) is 4.79 Å². The van der Waals surface area contributed by atoms with E-state index in [1.54, 1.807) is 0 Å². The second-order valence-electron chi connectivity index (χ2n) is 4.61. The number of benzene rings is 2. The number of hydrogen-bond donors (Lipinski definition) is 1. The van der Waals surface area contributed by atoms with Crippen molar-refractivity contribution >= 4 is 5.91 Å². The highest BCUT2D eigenvalue weighted by molar-refractivity contribution is 5.76. The predicted molar refractivity (Wildman–Crippen MR) is 79.6 cm³/mol. The Balaban J connectivity index is 1.73. The molecule has 0 spiro atoms. The van der Waals surface area contributed by atoms with Gasteiger partial charge >= 0.3 is 0 Å². The molecule has 1 amide bonds. The smallest absolute Gasteiger partial charge is 0.223 e. The van der Waals surface area contributed by atoms with Crippen molar-refractivity contribution < 1.29 is 9.53 Å². The molecule has 0 radical (unpaired) electrons. The quantitative estimate of drug-likeness (QED) is 0.873. The van der Waals surface area contributed by atoms with E-state index in [0.29, 0.717) is 13.0 Å². The number of rotatable bonds is 6. The summed E-state index contributed by atoms with van der Waals surface area (Å²) in [5, 5.41) is 2.96. The Bertz CT molecular complexity index is 525. The van der Waals surface area contributed by atoms with Crippen LogP contribution >= 0.6 is 0 Å². The number of hydrogen-bond acceptors (Lipinski definition) is 2. The largest absolute Gasteiger partial charge is 0.493 e. The minimum atomic E-state index is -0.00251. The third-order valence-electron chi connectivity index (χ3n) is 3.02. The predicted octanol–water partition coefficient (Wildman–Crippen LogP) is 3.33. The summed E-state index contributed by atoms with van der Waals surface area (Å²) in [6.07, 6.45) is 0.353. The van der Waals surface area contributed by atoms with Crippen LogP contribution in [0.1, 0.15) is 24.9 Å². The van der Waals surface area contributed by atoms with Gasteiger partial charge < -0.3 is 10.1 Å². The summed E-state index contributed by atoms with van der Waals surface area (Å²) in [6.45, 7) is 2.36. The molecule has 3 heteroatoms. The average Bonchev–Trinajstić information content (AvgIpc) is 2.49. The molecule has 0 unspecified atom stereocenters. The van der Waals surface area contributed by atoms with Gasteiger partial charge in [-0.1, -0.05) is 48.5 Å². The number of amides is 1. The molecule has 0 aliphatic heterocycles. The molecule has 0 saturated heterocycles. The lowest BCUT2D eigenvalue weighted by atomic mass is 10.1. The molecule has 3 nitrogen and oxygen atoms in total. The summed E-state index contributed by atoms with van der Waals surface area (Å²) < 4.78 is 5.50. The van der Waals surface area contributed by atoms with E-state index in [1.807, 2.05) is 67.6 Å². The summed E-state index contributed by atoms with van der Waals surface area (Å²) in [6, 6.07) is 19.4. The second kappa shape index (κ2) is 7.34. The van der Waals surface area contributed by atoms with Gasteiger partial charge in [0.05, 0.1) is 19.1 Å². The Labute approximate surface area is 119 Å². The molecule has 0 aliphatic rings. The third-order valence-corrected chi connectivity index (χ3v) is 3.02. The lowest BCUT2D eigenvalue weighted by Gasteiger charge is -2.14. The molecule has 2 aromatic rings. The van der Waals surface area contributed by atoms with Crippen molar-refractivity contribution in [2.45, 2.75) is 19.4 Å². The fourth-order valence-electron chi connectivity index (χ4n) is 1.92. The van der Waals surface area contributed by atoms with Gasteiger partial charge in [-0.15, -0.1) is 0 Å². The normalized spacial score (nSPS) is 11.7. The van der Waals surface area contributed by atoms with Crippen LogP contribution in [0.4, 0.5) is 0 Å². The molecule has 0 aliphatic carbocycles. The van der Waals surface area contributed by atoms with Gasteiger partial charge in [0.15, 0.2) is 0 Å². The molecule has 0 heterocycles. The van der Waals surface area contributed by atoms with E-state index in [4.69, 9.17) is 4.74 Å². The van der Waals surface area contributed by atoms with E-state index in [0.717, 1.165) is 11.3 Å². The molecule has 0 saturated carbocycles. The Morgan fingerprint density at radius 2 is 1.65 bits per heavy atom. The molecule has 2 aromatic carbocycles. The Kier molecular flexibility index (Phi) is 5.18. The number of carbonyl (C=O) groups excluding carboxylic acids is 1. The zero-order chi connectivity index (χ0) is 14.2. The third kappa shape index (κ3) is 4.43. The van der Waals surface area contributed by atoms with Gasteiger partial charge in [-0.05, 0) is 24.6 Å². The standard InChI is InChI=1S/C17H19NO2/c1-14(15-8-4-2-5-9-15)18-17(19)12-13-20-16-10-6-3-7-11-16/h2-11,14H,12-13H2,1H3,(H,18,19)/t14-/m0/s1. The monoisotopic (exact) mass is 269 g/mol. The minimum Gasteiger partial charge on any atom is -0.493 e. The van der Waals surface area contributed by atoms with Crippen LogP contribution < -0.4 is 10.1 Å². The molecule has 104 valence electrons. The summed E-state index contributed by atoms with van der Waals surface area (Å²) in [5.41, 5.74) is 1.10. The maximum atomic E-state index is 11.8. The molecule has 20 heavy (non-hydrogen) atoms. The van der Waals surface area contributed by atoms with Crippen molar-refractivity contribution in [2.75, 3.05) is 6.61 Å². The highest BCUT2D eigenvalue weighted by atomic mass is 16.5. The van der Waals surface area contributed by atoms with Gasteiger partial charge in [-0.25, -0.2) is 0 Å². The van der Waals surface area contributed by atoms with Gasteiger partial charge in [-0.3, -0.25) is 4.79 Å². The Hall–Kier alpha value is -2.29. The summed E-state index contributed by atoms with van der Waals surface area (Å²) in [7, 11) is 0. The molecule has 2 rings (SSSR count). The highest BCUT2D eigenvalue weighted by Crippen LogP contribution is 2.11. The van der Waals surface area contributed by atoms with E-state index in [1.165, 1.54) is 0 Å². The maximum absolute atomic E-state index is 11.8. The summed E-state index contributed by atoms with van der Waals surface area (Å²) in [5.74, 6) is 0.786. The zero-order valence-corrected chi connectivity index (χ0v) is 11.6. The van der Waals surface area contributed by atoms with Crippen molar-refractivity contribution in [3.63, 3.8) is 0 Å². The number of nitrogens with one attached hydrogen (secondary N) is 1. The van der Waals surface area contributed by atoms with Crippen LogP contribution in [0.5, 0.6) is 5.75 Å². The van der Waals surface area contributed by atoms with E-state index in [9.17, 15) is 4.79 Å². The number of para-hydroxylation sites is 1. The van der Waals surface area contributed by atoms with E-state index >= 15 is 0 Å². The van der Waals surface area contributed by atoms with E-state index < -0.39 is 0 Å². The van der Waals surface area contributed by atoms with Crippen molar-refractivity contribution in [2.24, 2.45) is 0 Å². The zero-order valence-electron chi connectivity index (χ0n) is 11.6. The van der Waals surface area contributed by atoms with Gasteiger partial charge in [0.1, 0.15) is 5.75 Å². The molecule has 0 fully saturated rings. The van der Waals surface area contributed by atoms with E-state index in [-0.39, 0.29) is 11.9 Å². The fourth-order valence-corrected chi connectivity index (χ4v) is 1.92. The average molecular weight is 269 g/mol. The van der Waals surface area contributed by atoms with Gasteiger partial charge in [0.2, 0.25) is 5.91 Å². The Morgan fingerprint density at radius 3 is 2.30 bits per heavy atom.